The summed E-state index contributed by atoms with van der Waals surface area (Å²) in [6.45, 7) is 3.20. The van der Waals surface area contributed by atoms with E-state index >= 15 is 0 Å². The van der Waals surface area contributed by atoms with Gasteiger partial charge in [0.1, 0.15) is 0 Å². The Morgan fingerprint density at radius 2 is 2.08 bits per heavy atom. The molecule has 1 aliphatic rings. The van der Waals surface area contributed by atoms with Crippen molar-refractivity contribution in [2.24, 2.45) is 0 Å². The number of amides is 2. The first-order valence-electron chi connectivity index (χ1n) is 8.07. The van der Waals surface area contributed by atoms with Crippen LogP contribution in [0.15, 0.2) is 30.3 Å². The van der Waals surface area contributed by atoms with E-state index in [2.05, 4.69) is 0 Å². The topological polar surface area (TPSA) is 69.6 Å². The average Bonchev–Trinajstić information content (AvgIpc) is 3.04. The molecule has 1 aromatic heterocycles. The summed E-state index contributed by atoms with van der Waals surface area (Å²) < 4.78 is 0. The average molecular weight is 379 g/mol. The van der Waals surface area contributed by atoms with Gasteiger partial charge in [-0.2, -0.15) is 0 Å². The monoisotopic (exact) mass is 378 g/mol. The highest BCUT2D eigenvalue weighted by molar-refractivity contribution is 7.14. The summed E-state index contributed by atoms with van der Waals surface area (Å²) in [7, 11) is 0. The number of fused-ring (bicyclic) bond motifs is 1. The Bertz CT molecular complexity index is 788. The van der Waals surface area contributed by atoms with Gasteiger partial charge in [0.15, 0.2) is 0 Å². The van der Waals surface area contributed by atoms with Gasteiger partial charge in [0.05, 0.1) is 11.4 Å². The van der Waals surface area contributed by atoms with Gasteiger partial charge in [-0.15, -0.1) is 11.3 Å². The molecule has 2 amide bonds. The Balaban J connectivity index is 1.65. The van der Waals surface area contributed by atoms with E-state index in [1.165, 1.54) is 11.3 Å². The van der Waals surface area contributed by atoms with Gasteiger partial charge in [-0.05, 0) is 41.7 Å². The van der Waals surface area contributed by atoms with Crippen molar-refractivity contribution in [1.82, 2.24) is 10.4 Å². The Labute approximate surface area is 155 Å². The lowest BCUT2D eigenvalue weighted by atomic mass is 9.96. The molecule has 0 radical (unpaired) electrons. The molecule has 0 spiro atoms. The molecule has 5 nitrogen and oxygen atoms in total. The summed E-state index contributed by atoms with van der Waals surface area (Å²) in [6.07, 6.45) is 1.16. The largest absolute Gasteiger partial charge is 0.337 e. The van der Waals surface area contributed by atoms with Crippen LogP contribution in [-0.4, -0.2) is 28.5 Å². The van der Waals surface area contributed by atoms with E-state index in [1.807, 2.05) is 36.1 Å². The minimum absolute atomic E-state index is 0.106. The van der Waals surface area contributed by atoms with E-state index in [-0.39, 0.29) is 11.8 Å². The molecule has 0 saturated heterocycles. The van der Waals surface area contributed by atoms with Crippen LogP contribution in [0.25, 0.3) is 0 Å². The predicted octanol–water partition coefficient (Wildman–Crippen LogP) is 3.60. The maximum absolute atomic E-state index is 12.6. The highest BCUT2D eigenvalue weighted by Gasteiger charge is 2.25. The number of rotatable bonds is 4. The highest BCUT2D eigenvalue weighted by Crippen LogP contribution is 2.29. The highest BCUT2D eigenvalue weighted by atomic mass is 35.5. The maximum Gasteiger partial charge on any atom is 0.284 e. The van der Waals surface area contributed by atoms with Crippen LogP contribution in [0.2, 0.25) is 5.02 Å². The first-order chi connectivity index (χ1) is 12.0. The van der Waals surface area contributed by atoms with Gasteiger partial charge in [-0.25, -0.2) is 5.48 Å². The Morgan fingerprint density at radius 3 is 2.76 bits per heavy atom. The fourth-order valence-electron chi connectivity index (χ4n) is 3.00. The molecule has 7 heteroatoms. The van der Waals surface area contributed by atoms with Gasteiger partial charge < -0.3 is 4.90 Å². The lowest BCUT2D eigenvalue weighted by molar-refractivity contribution is -0.132. The van der Waals surface area contributed by atoms with E-state index in [0.29, 0.717) is 29.4 Å². The predicted molar refractivity (Wildman–Crippen MR) is 97.2 cm³/mol. The second-order valence-corrected chi connectivity index (χ2v) is 7.80. The van der Waals surface area contributed by atoms with E-state index in [0.717, 1.165) is 22.4 Å². The van der Waals surface area contributed by atoms with Crippen LogP contribution >= 0.6 is 22.9 Å². The molecule has 2 aromatic rings. The number of hydrogen-bond acceptors (Lipinski definition) is 4. The van der Waals surface area contributed by atoms with Crippen molar-refractivity contribution in [3.63, 3.8) is 0 Å². The van der Waals surface area contributed by atoms with E-state index in [9.17, 15) is 9.59 Å². The first kappa shape index (κ1) is 17.9. The quantitative estimate of drug-likeness (QED) is 0.630. The number of nitrogens with one attached hydrogen (secondary N) is 1. The van der Waals surface area contributed by atoms with Crippen molar-refractivity contribution < 1.29 is 14.8 Å². The molecule has 0 fully saturated rings. The van der Waals surface area contributed by atoms with Gasteiger partial charge in [-0.1, -0.05) is 30.7 Å². The van der Waals surface area contributed by atoms with Crippen molar-refractivity contribution >= 4 is 34.8 Å². The molecular formula is C18H19ClN2O3S. The summed E-state index contributed by atoms with van der Waals surface area (Å²) in [5.41, 5.74) is 3.83. The molecule has 3 rings (SSSR count). The van der Waals surface area contributed by atoms with Crippen LogP contribution in [0.5, 0.6) is 0 Å². The van der Waals surface area contributed by atoms with E-state index < -0.39 is 5.91 Å². The third kappa shape index (κ3) is 4.03. The number of hydrogen-bond donors (Lipinski definition) is 2. The minimum Gasteiger partial charge on any atom is -0.337 e. The van der Waals surface area contributed by atoms with Gasteiger partial charge >= 0.3 is 0 Å². The summed E-state index contributed by atoms with van der Waals surface area (Å²) in [4.78, 5) is 27.5. The van der Waals surface area contributed by atoms with Crippen molar-refractivity contribution in [2.75, 3.05) is 6.54 Å². The molecule has 1 aliphatic heterocycles. The zero-order chi connectivity index (χ0) is 18.0. The number of benzene rings is 1. The van der Waals surface area contributed by atoms with Crippen molar-refractivity contribution in [1.29, 1.82) is 0 Å². The van der Waals surface area contributed by atoms with Crippen LogP contribution in [0, 0.1) is 0 Å². The van der Waals surface area contributed by atoms with Gasteiger partial charge in [0.25, 0.3) is 5.91 Å². The minimum atomic E-state index is -0.506. The number of hydroxylamine groups is 1. The normalized spacial score (nSPS) is 14.8. The Hall–Kier alpha value is -1.89. The number of carbonyl (C=O) groups excluding carboxylic acids is 2. The van der Waals surface area contributed by atoms with E-state index in [4.69, 9.17) is 16.8 Å². The molecule has 0 aliphatic carbocycles. The summed E-state index contributed by atoms with van der Waals surface area (Å²) in [5, 5.41) is 9.43. The lowest BCUT2D eigenvalue weighted by Crippen LogP contribution is -2.35. The zero-order valence-electron chi connectivity index (χ0n) is 13.8. The molecule has 0 unspecified atom stereocenters. The summed E-state index contributed by atoms with van der Waals surface area (Å²) >= 11 is 7.23. The molecule has 0 saturated carbocycles. The second-order valence-electron chi connectivity index (χ2n) is 6.22. The molecule has 132 valence electrons. The third-order valence-corrected chi connectivity index (χ3v) is 5.89. The van der Waals surface area contributed by atoms with Crippen molar-refractivity contribution in [2.45, 2.75) is 32.2 Å². The Morgan fingerprint density at radius 1 is 1.36 bits per heavy atom. The molecule has 0 bridgehead atoms. The molecule has 2 heterocycles. The number of thiophene rings is 1. The van der Waals surface area contributed by atoms with Crippen molar-refractivity contribution in [3.05, 3.63) is 56.2 Å². The fraction of sp³-hybridized carbons (Fsp3) is 0.333. The first-order valence-corrected chi connectivity index (χ1v) is 9.26. The number of carbonyl (C=O) groups is 2. The third-order valence-electron chi connectivity index (χ3n) is 4.48. The van der Waals surface area contributed by atoms with Crippen molar-refractivity contribution in [3.8, 4) is 0 Å². The molecular weight excluding hydrogens is 360 g/mol. The van der Waals surface area contributed by atoms with Crippen LogP contribution in [0.4, 0.5) is 0 Å². The SMILES string of the molecule is C[C@@H](CC(=O)N1CCc2cc(C(=O)NO)sc2C1)c1ccc(Cl)cc1. The molecule has 25 heavy (non-hydrogen) atoms. The van der Waals surface area contributed by atoms with Crippen LogP contribution in [0.1, 0.15) is 44.9 Å². The van der Waals surface area contributed by atoms with Crippen LogP contribution in [0.3, 0.4) is 0 Å². The number of nitrogens with zero attached hydrogens (tertiary/aromatic N) is 1. The number of halogens is 1. The summed E-state index contributed by atoms with van der Waals surface area (Å²) in [6, 6.07) is 9.37. The molecule has 2 N–H and O–H groups in total. The Kier molecular flexibility index (Phi) is 5.42. The van der Waals surface area contributed by atoms with Crippen LogP contribution < -0.4 is 5.48 Å². The fourth-order valence-corrected chi connectivity index (χ4v) is 4.24. The second kappa shape index (κ2) is 7.56. The van der Waals surface area contributed by atoms with Crippen LogP contribution in [-0.2, 0) is 17.8 Å². The lowest BCUT2D eigenvalue weighted by Gasteiger charge is -2.28. The van der Waals surface area contributed by atoms with E-state index in [1.54, 1.807) is 11.5 Å². The van der Waals surface area contributed by atoms with Gasteiger partial charge in [-0.3, -0.25) is 14.8 Å². The van der Waals surface area contributed by atoms with Gasteiger partial charge in [0.2, 0.25) is 5.91 Å². The standard InChI is InChI=1S/C18H19ClN2O3S/c1-11(12-2-4-14(19)5-3-12)8-17(22)21-7-6-13-9-15(18(23)20-24)25-16(13)10-21/h2-5,9,11,24H,6-8,10H2,1H3,(H,20,23)/t11-/m0/s1. The van der Waals surface area contributed by atoms with Gasteiger partial charge in [0, 0.05) is 22.9 Å². The summed E-state index contributed by atoms with van der Waals surface area (Å²) in [5.74, 6) is -0.284. The smallest absolute Gasteiger partial charge is 0.284 e. The zero-order valence-corrected chi connectivity index (χ0v) is 15.4. The maximum atomic E-state index is 12.6. The molecule has 1 atom stereocenters. The molecule has 1 aromatic carbocycles.